The number of furan rings is 3. The summed E-state index contributed by atoms with van der Waals surface area (Å²) in [6.45, 7) is 0. The van der Waals surface area contributed by atoms with Crippen LogP contribution >= 0.6 is 0 Å². The molecular formula is C46H26O3. The lowest BCUT2D eigenvalue weighted by Crippen LogP contribution is -1.91. The van der Waals surface area contributed by atoms with Crippen molar-refractivity contribution < 1.29 is 13.3 Å². The largest absolute Gasteiger partial charge is 0.456 e. The fourth-order valence-corrected chi connectivity index (χ4v) is 7.97. The van der Waals surface area contributed by atoms with E-state index in [1.807, 2.05) is 24.3 Å². The monoisotopic (exact) mass is 626 g/mol. The molecule has 0 spiro atoms. The van der Waals surface area contributed by atoms with Crippen LogP contribution in [0.25, 0.3) is 110 Å². The second kappa shape index (κ2) is 9.96. The molecule has 0 radical (unpaired) electrons. The molecule has 3 heteroatoms. The summed E-state index contributed by atoms with van der Waals surface area (Å²) in [7, 11) is 0. The maximum Gasteiger partial charge on any atom is 0.178 e. The van der Waals surface area contributed by atoms with Crippen molar-refractivity contribution in [3.63, 3.8) is 0 Å². The van der Waals surface area contributed by atoms with Crippen LogP contribution in [0.1, 0.15) is 0 Å². The maximum atomic E-state index is 7.13. The van der Waals surface area contributed by atoms with E-state index >= 15 is 0 Å². The Morgan fingerprint density at radius 1 is 0.265 bits per heavy atom. The Morgan fingerprint density at radius 3 is 1.45 bits per heavy atom. The van der Waals surface area contributed by atoms with Crippen LogP contribution in [0.4, 0.5) is 0 Å². The molecule has 3 aromatic heterocycles. The van der Waals surface area contributed by atoms with Crippen molar-refractivity contribution in [2.24, 2.45) is 0 Å². The smallest absolute Gasteiger partial charge is 0.178 e. The zero-order valence-corrected chi connectivity index (χ0v) is 26.2. The molecule has 0 unspecified atom stereocenters. The summed E-state index contributed by atoms with van der Waals surface area (Å²) in [6, 6.07) is 55.4. The average molecular weight is 627 g/mol. The minimum atomic E-state index is 0.759. The summed E-state index contributed by atoms with van der Waals surface area (Å²) in [5, 5.41) is 9.97. The van der Waals surface area contributed by atoms with Crippen LogP contribution in [-0.4, -0.2) is 0 Å². The molecule has 3 heterocycles. The molecule has 3 nitrogen and oxygen atoms in total. The molecule has 0 amide bonds. The highest BCUT2D eigenvalue weighted by atomic mass is 16.4. The highest BCUT2D eigenvalue weighted by molar-refractivity contribution is 6.25. The fraction of sp³-hybridized carbons (Fsp3) is 0. The Kier molecular flexibility index (Phi) is 5.38. The van der Waals surface area contributed by atoms with Gasteiger partial charge in [-0.3, -0.25) is 0 Å². The van der Waals surface area contributed by atoms with Gasteiger partial charge in [0.15, 0.2) is 11.2 Å². The van der Waals surface area contributed by atoms with E-state index < -0.39 is 0 Å². The van der Waals surface area contributed by atoms with Crippen LogP contribution in [0.2, 0.25) is 0 Å². The van der Waals surface area contributed by atoms with Gasteiger partial charge in [-0.15, -0.1) is 0 Å². The van der Waals surface area contributed by atoms with Gasteiger partial charge in [0, 0.05) is 38.1 Å². The van der Waals surface area contributed by atoms with Gasteiger partial charge in [-0.1, -0.05) is 121 Å². The third-order valence-corrected chi connectivity index (χ3v) is 10.1. The minimum Gasteiger partial charge on any atom is -0.456 e. The van der Waals surface area contributed by atoms with E-state index in [1.165, 1.54) is 5.56 Å². The standard InChI is InChI=1S/C46H26O3/c1-2-12-27(13-3-1)42-37-25-24-36-30-15-9-11-21-39(30)48-44(36)45(37)49-46(42)43-34-18-6-4-16-32(34)41(33-17-5-7-19-35(33)43)28-22-23-31-29-14-8-10-20-38(29)47-40(31)26-28/h1-26H. The summed E-state index contributed by atoms with van der Waals surface area (Å²) in [5.41, 5.74) is 9.68. The van der Waals surface area contributed by atoms with E-state index in [0.29, 0.717) is 0 Å². The van der Waals surface area contributed by atoms with Crippen molar-refractivity contribution in [3.8, 4) is 33.6 Å². The van der Waals surface area contributed by atoms with Gasteiger partial charge < -0.3 is 13.3 Å². The van der Waals surface area contributed by atoms with Crippen molar-refractivity contribution in [1.29, 1.82) is 0 Å². The maximum absolute atomic E-state index is 7.13. The van der Waals surface area contributed by atoms with Crippen molar-refractivity contribution >= 4 is 76.4 Å². The molecule has 0 atom stereocenters. The molecule has 0 aliphatic heterocycles. The Balaban J connectivity index is 1.27. The van der Waals surface area contributed by atoms with Gasteiger partial charge in [-0.05, 0) is 74.6 Å². The molecule has 0 saturated carbocycles. The van der Waals surface area contributed by atoms with Crippen LogP contribution in [0.15, 0.2) is 171 Å². The number of benzene rings is 8. The lowest BCUT2D eigenvalue weighted by atomic mass is 9.86. The van der Waals surface area contributed by atoms with E-state index in [2.05, 4.69) is 133 Å². The van der Waals surface area contributed by atoms with Crippen molar-refractivity contribution in [3.05, 3.63) is 158 Å². The normalized spacial score (nSPS) is 12.1. The van der Waals surface area contributed by atoms with Crippen LogP contribution in [0.3, 0.4) is 0 Å². The highest BCUT2D eigenvalue weighted by Crippen LogP contribution is 2.50. The molecule has 49 heavy (non-hydrogen) atoms. The second-order valence-corrected chi connectivity index (χ2v) is 12.7. The summed E-state index contributed by atoms with van der Waals surface area (Å²) >= 11 is 0. The third kappa shape index (κ3) is 3.73. The van der Waals surface area contributed by atoms with Gasteiger partial charge in [0.25, 0.3) is 0 Å². The van der Waals surface area contributed by atoms with Crippen molar-refractivity contribution in [2.75, 3.05) is 0 Å². The molecule has 0 bridgehead atoms. The quantitative estimate of drug-likeness (QED) is 0.183. The third-order valence-electron chi connectivity index (χ3n) is 10.1. The highest BCUT2D eigenvalue weighted by Gasteiger charge is 2.26. The first kappa shape index (κ1) is 26.5. The predicted octanol–water partition coefficient (Wildman–Crippen LogP) is 13.5. The number of fused-ring (bicyclic) bond motifs is 10. The fourth-order valence-electron chi connectivity index (χ4n) is 7.97. The first-order chi connectivity index (χ1) is 24.3. The Labute approximate surface area is 280 Å². The first-order valence-electron chi connectivity index (χ1n) is 16.6. The lowest BCUT2D eigenvalue weighted by molar-refractivity contribution is 0.613. The topological polar surface area (TPSA) is 39.4 Å². The molecule has 8 aromatic carbocycles. The van der Waals surface area contributed by atoms with Crippen LogP contribution in [0.5, 0.6) is 0 Å². The Morgan fingerprint density at radius 2 is 0.755 bits per heavy atom. The molecule has 0 aliphatic carbocycles. The van der Waals surface area contributed by atoms with Gasteiger partial charge in [0.1, 0.15) is 22.5 Å². The van der Waals surface area contributed by atoms with Gasteiger partial charge >= 0.3 is 0 Å². The van der Waals surface area contributed by atoms with Gasteiger partial charge in [0.05, 0.1) is 0 Å². The Hall–Kier alpha value is -6.58. The molecule has 11 aromatic rings. The Bertz CT molecular complexity index is 3040. The van der Waals surface area contributed by atoms with Crippen molar-refractivity contribution in [2.45, 2.75) is 0 Å². The second-order valence-electron chi connectivity index (χ2n) is 12.7. The van der Waals surface area contributed by atoms with E-state index in [-0.39, 0.29) is 0 Å². The SMILES string of the molecule is c1ccc(-c2c(-c3c4ccccc4c(-c4ccc5c(c4)oc4ccccc45)c4ccccc34)oc3c2ccc2c4ccccc4oc23)cc1. The number of para-hydroxylation sites is 2. The van der Waals surface area contributed by atoms with Crippen molar-refractivity contribution in [1.82, 2.24) is 0 Å². The molecule has 0 N–H and O–H groups in total. The number of rotatable bonds is 3. The summed E-state index contributed by atoms with van der Waals surface area (Å²) in [6.07, 6.45) is 0. The van der Waals surface area contributed by atoms with Crippen LogP contribution < -0.4 is 0 Å². The van der Waals surface area contributed by atoms with E-state index in [9.17, 15) is 0 Å². The summed E-state index contributed by atoms with van der Waals surface area (Å²) in [5.74, 6) is 0.834. The van der Waals surface area contributed by atoms with Gasteiger partial charge in [0.2, 0.25) is 0 Å². The minimum absolute atomic E-state index is 0.759. The average Bonchev–Trinajstić information content (AvgIpc) is 3.85. The molecule has 228 valence electrons. The van der Waals surface area contributed by atoms with Crippen LogP contribution in [0, 0.1) is 0 Å². The molecule has 0 saturated heterocycles. The van der Waals surface area contributed by atoms with Crippen LogP contribution in [-0.2, 0) is 0 Å². The molecule has 0 aliphatic rings. The number of hydrogen-bond acceptors (Lipinski definition) is 3. The lowest BCUT2D eigenvalue weighted by Gasteiger charge is -2.17. The van der Waals surface area contributed by atoms with E-state index in [4.69, 9.17) is 13.3 Å². The summed E-state index contributed by atoms with van der Waals surface area (Å²) in [4.78, 5) is 0. The zero-order valence-electron chi connectivity index (χ0n) is 26.2. The molecule has 0 fully saturated rings. The van der Waals surface area contributed by atoms with E-state index in [1.54, 1.807) is 0 Å². The van der Waals surface area contributed by atoms with Gasteiger partial charge in [-0.2, -0.15) is 0 Å². The zero-order chi connectivity index (χ0) is 32.1. The first-order valence-corrected chi connectivity index (χ1v) is 16.6. The van der Waals surface area contributed by atoms with Gasteiger partial charge in [-0.25, -0.2) is 0 Å². The number of hydrogen-bond donors (Lipinski definition) is 0. The molecule has 11 rings (SSSR count). The predicted molar refractivity (Wildman–Crippen MR) is 202 cm³/mol. The summed E-state index contributed by atoms with van der Waals surface area (Å²) < 4.78 is 20.0. The van der Waals surface area contributed by atoms with E-state index in [0.717, 1.165) is 104 Å². The molecular weight excluding hydrogens is 601 g/mol.